The molecule has 0 fully saturated rings. The highest BCUT2D eigenvalue weighted by Gasteiger charge is 2.36. The summed E-state index contributed by atoms with van der Waals surface area (Å²) in [6.45, 7) is 9.86. The van der Waals surface area contributed by atoms with Crippen LogP contribution in [0.5, 0.6) is 0 Å². The lowest BCUT2D eigenvalue weighted by atomic mass is 10.0. The lowest BCUT2D eigenvalue weighted by molar-refractivity contribution is 0.835. The Morgan fingerprint density at radius 2 is 0.934 bits per heavy atom. The number of thiazole rings is 1. The van der Waals surface area contributed by atoms with Crippen molar-refractivity contribution in [2.24, 2.45) is 9.98 Å². The number of para-hydroxylation sites is 3. The molecule has 2 aliphatic heterocycles. The summed E-state index contributed by atoms with van der Waals surface area (Å²) in [5.41, 5.74) is 20.6. The quantitative estimate of drug-likeness (QED) is 0.0767. The average Bonchev–Trinajstić information content (AvgIpc) is 1.58. The summed E-state index contributed by atoms with van der Waals surface area (Å²) in [5, 5.41) is 43.2. The Balaban J connectivity index is 0.000000103. The zero-order chi connectivity index (χ0) is 91.5. The number of hydrogen-bond donors (Lipinski definition) is 0. The Hall–Kier alpha value is -16.9. The molecule has 0 radical (unpaired) electrons. The fourth-order valence-electron chi connectivity index (χ4n) is 16.6. The van der Waals surface area contributed by atoms with Gasteiger partial charge >= 0.3 is 0 Å². The molecule has 0 spiro atoms. The van der Waals surface area contributed by atoms with Gasteiger partial charge in [-0.3, -0.25) is 19.2 Å². The molecular weight excluding hydrogens is 1760 g/mol. The van der Waals surface area contributed by atoms with Gasteiger partial charge in [-0.2, -0.15) is 42.9 Å². The molecule has 24 nitrogen and oxygen atoms in total. The van der Waals surface area contributed by atoms with E-state index in [9.17, 15) is 0 Å². The minimum Gasteiger partial charge on any atom is -0.294 e. The van der Waals surface area contributed by atoms with Crippen molar-refractivity contribution in [3.63, 3.8) is 0 Å². The summed E-state index contributed by atoms with van der Waals surface area (Å²) in [4.78, 5) is 46.3. The number of benzene rings is 13. The van der Waals surface area contributed by atoms with Gasteiger partial charge < -0.3 is 0 Å². The van der Waals surface area contributed by atoms with E-state index in [2.05, 4.69) is 319 Å². The summed E-state index contributed by atoms with van der Waals surface area (Å²) < 4.78 is 17.7. The lowest BCUT2D eigenvalue weighted by Crippen LogP contribution is -2.30. The van der Waals surface area contributed by atoms with Gasteiger partial charge in [-0.05, 0) is 170 Å². The number of nitrogens with zero attached hydrogens (tertiary/aromatic N) is 24. The minimum atomic E-state index is 0.555. The number of aryl methyl sites for hydroxylation is 5. The molecule has 0 atom stereocenters. The van der Waals surface area contributed by atoms with Gasteiger partial charge in [0.05, 0.1) is 44.7 Å². The second-order valence-corrected chi connectivity index (χ2v) is 35.7. The maximum atomic E-state index is 5.07. The van der Waals surface area contributed by atoms with E-state index < -0.39 is 0 Å². The van der Waals surface area contributed by atoms with Crippen molar-refractivity contribution >= 4 is 168 Å². The summed E-state index contributed by atoms with van der Waals surface area (Å²) in [6, 6.07) is 118. The SMILES string of the molecule is C1=C2C(=CN=C2N(c2ccccc2)c2cccc3ccccc23)C(N(c2ccccc2)c2cccc3ccccc23)=N1.Cc1cc(C)n2nc(C)nc2n1.Cc1ccc(-c2nc3nc(C)cc(SCc4ccccn4)n3n2)cc1.c1ccc(-c2cc(Sc3nnc4sc5ccccc5n34)n3ncnc3n2)cc1.c1ccc2cc(-c3nnc(-c4ccc5ccccc5c4)c4nsnc34)ccc2c1. The van der Waals surface area contributed by atoms with Crippen molar-refractivity contribution in [2.45, 2.75) is 55.6 Å². The smallest absolute Gasteiger partial charge is 0.254 e. The van der Waals surface area contributed by atoms with Gasteiger partial charge in [0.2, 0.25) is 10.1 Å². The fourth-order valence-corrected chi connectivity index (χ4v) is 20.1. The first kappa shape index (κ1) is 84.6. The molecule has 11 aromatic heterocycles. The number of aromatic nitrogens is 20. The van der Waals surface area contributed by atoms with Crippen LogP contribution in [0.15, 0.2) is 407 Å². The van der Waals surface area contributed by atoms with Crippen LogP contribution in [0.3, 0.4) is 0 Å². The largest absolute Gasteiger partial charge is 0.294 e. The van der Waals surface area contributed by atoms with Crippen molar-refractivity contribution in [1.82, 2.24) is 97.3 Å². The lowest BCUT2D eigenvalue weighted by Gasteiger charge is -2.28. The van der Waals surface area contributed by atoms with E-state index in [4.69, 9.17) is 9.98 Å². The number of thioether (sulfide) groups is 1. The molecule has 0 N–H and O–H groups in total. The van der Waals surface area contributed by atoms with Gasteiger partial charge in [0.15, 0.2) is 5.82 Å². The van der Waals surface area contributed by atoms with Crippen molar-refractivity contribution in [2.75, 3.05) is 9.80 Å². The Kier molecular flexibility index (Phi) is 23.3. The van der Waals surface area contributed by atoms with Gasteiger partial charge in [-0.25, -0.2) is 29.5 Å². The van der Waals surface area contributed by atoms with Crippen LogP contribution in [0, 0.1) is 34.6 Å². The summed E-state index contributed by atoms with van der Waals surface area (Å²) in [6.07, 6.45) is 7.26. The van der Waals surface area contributed by atoms with Gasteiger partial charge in [-0.1, -0.05) is 283 Å². The second kappa shape index (κ2) is 37.4. The van der Waals surface area contributed by atoms with E-state index in [1.165, 1.54) is 83.2 Å². The van der Waals surface area contributed by atoms with E-state index >= 15 is 0 Å². The molecule has 0 saturated carbocycles. The first-order valence-electron chi connectivity index (χ1n) is 43.8. The Morgan fingerprint density at radius 3 is 1.55 bits per heavy atom. The van der Waals surface area contributed by atoms with Gasteiger partial charge in [0, 0.05) is 97.0 Å². The van der Waals surface area contributed by atoms with Crippen molar-refractivity contribution in [3.05, 3.63) is 416 Å². The van der Waals surface area contributed by atoms with Crippen molar-refractivity contribution in [1.29, 1.82) is 0 Å². The van der Waals surface area contributed by atoms with Crippen LogP contribution in [-0.2, 0) is 5.75 Å². The molecular formula is C108H78N24S4. The topological polar surface area (TPSA) is 255 Å². The first-order valence-corrected chi connectivity index (χ1v) is 47.2. The summed E-state index contributed by atoms with van der Waals surface area (Å²) in [7, 11) is 0. The number of hydrogen-bond acceptors (Lipinski definition) is 24. The van der Waals surface area contributed by atoms with E-state index in [1.54, 1.807) is 32.1 Å². The van der Waals surface area contributed by atoms with Crippen LogP contribution in [-0.4, -0.2) is 109 Å². The second-order valence-electron chi connectivity index (χ2n) is 32.2. The summed E-state index contributed by atoms with van der Waals surface area (Å²) >= 11 is 6.01. The molecule has 28 heteroatoms. The van der Waals surface area contributed by atoms with Crippen LogP contribution < -0.4 is 9.80 Å². The molecule has 24 aromatic rings. The molecule has 136 heavy (non-hydrogen) atoms. The number of anilines is 4. The minimum absolute atomic E-state index is 0.555. The normalized spacial score (nSPS) is 12.1. The maximum Gasteiger partial charge on any atom is 0.254 e. The van der Waals surface area contributed by atoms with Gasteiger partial charge in [0.25, 0.3) is 17.3 Å². The van der Waals surface area contributed by atoms with E-state index in [0.717, 1.165) is 156 Å². The highest BCUT2D eigenvalue weighted by molar-refractivity contribution is 7.99. The highest BCUT2D eigenvalue weighted by atomic mass is 32.2. The van der Waals surface area contributed by atoms with Crippen molar-refractivity contribution < 1.29 is 0 Å². The van der Waals surface area contributed by atoms with Crippen LogP contribution in [0.1, 0.15) is 34.2 Å². The Bertz CT molecular complexity index is 8480. The number of pyridine rings is 1. The van der Waals surface area contributed by atoms with Gasteiger partial charge in [-0.15, -0.1) is 25.5 Å². The monoisotopic (exact) mass is 1840 g/mol. The zero-order valence-corrected chi connectivity index (χ0v) is 77.1. The molecule has 13 heterocycles. The molecule has 2 aliphatic rings. The number of aliphatic imine (C=N–C) groups is 2. The average molecular weight is 1840 g/mol. The first-order chi connectivity index (χ1) is 66.9. The van der Waals surface area contributed by atoms with Crippen LogP contribution >= 0.6 is 46.6 Å². The predicted molar refractivity (Wildman–Crippen MR) is 548 cm³/mol. The van der Waals surface area contributed by atoms with E-state index in [-0.39, 0.29) is 0 Å². The predicted octanol–water partition coefficient (Wildman–Crippen LogP) is 25.0. The Morgan fingerprint density at radius 1 is 0.390 bits per heavy atom. The number of fused-ring (bicyclic) bond motifs is 12. The summed E-state index contributed by atoms with van der Waals surface area (Å²) in [5.74, 6) is 5.81. The number of amidine groups is 2. The van der Waals surface area contributed by atoms with Crippen molar-refractivity contribution in [3.8, 4) is 45.2 Å². The molecule has 654 valence electrons. The molecule has 0 amide bonds. The molecule has 0 bridgehead atoms. The van der Waals surface area contributed by atoms with Crippen LogP contribution in [0.4, 0.5) is 22.7 Å². The maximum absolute atomic E-state index is 5.07. The van der Waals surface area contributed by atoms with Crippen LogP contribution in [0.25, 0.3) is 132 Å². The molecule has 0 saturated heterocycles. The van der Waals surface area contributed by atoms with E-state index in [1.807, 2.05) is 178 Å². The molecule has 0 aliphatic carbocycles. The molecule has 26 rings (SSSR count). The third-order valence-electron chi connectivity index (χ3n) is 23.0. The molecule has 13 aromatic carbocycles. The standard InChI is InChI=1S/C38H26N4.C24H14N4S.C19H11N7S2.C19H17N5S.C8H10N4/c1-3-17-29(18-4-1)41(35-23-11-15-27-13-7-9-21-31(27)35)37-33-25-40-38(34(33)26-39-37)42(30-19-5-2-6-20-30)36-24-12-16-28-14-8-10-22-32(28)36;1-3-7-17-13-19(11-9-15(17)5-1)21-23-24(28-29-27-23)22(26-25-21)20-12-10-16-6-2-4-8-18(16)14-20;1-2-6-12(7-3-1)13-10-16(26-17(22-13)20-11-21-26)28-19-24-23-18-25(19)14-8-4-5-9-15(14)27-18;1-13-6-8-15(9-7-13)18-22-19-21-14(2)11-17(24(19)23-18)25-12-16-5-3-4-10-20-16;1-5-4-6(2)12-8(9-5)10-7(3)11-12/h1-26H;1-14H;1-11H;3-11H,12H2,1-2H3;4H,1-3H3. The third-order valence-corrected chi connectivity index (χ3v) is 26.5. The fraction of sp³-hybridized carbons (Fsp3) is 0.0556. The highest BCUT2D eigenvalue weighted by Crippen LogP contribution is 2.44. The zero-order valence-electron chi connectivity index (χ0n) is 73.8. The number of rotatable bonds is 13. The molecule has 0 unspecified atom stereocenters. The third kappa shape index (κ3) is 17.2. The Labute approximate surface area is 795 Å². The van der Waals surface area contributed by atoms with Crippen LogP contribution in [0.2, 0.25) is 0 Å². The van der Waals surface area contributed by atoms with E-state index in [0.29, 0.717) is 23.2 Å². The van der Waals surface area contributed by atoms with Gasteiger partial charge in [0.1, 0.15) is 56.3 Å².